The van der Waals surface area contributed by atoms with Crippen LogP contribution in [0.4, 0.5) is 8.78 Å². The van der Waals surface area contributed by atoms with Crippen molar-refractivity contribution in [2.75, 3.05) is 12.5 Å². The maximum Gasteiger partial charge on any atom is 0.345 e. The van der Waals surface area contributed by atoms with E-state index in [0.717, 1.165) is 12.8 Å². The van der Waals surface area contributed by atoms with Crippen LogP contribution >= 0.6 is 0 Å². The number of alkyl halides is 2. The zero-order valence-electron chi connectivity index (χ0n) is 14.8. The molecule has 4 rings (SSSR count). The van der Waals surface area contributed by atoms with Gasteiger partial charge < -0.3 is 0 Å². The summed E-state index contributed by atoms with van der Waals surface area (Å²) < 4.78 is 75.6. The van der Waals surface area contributed by atoms with Crippen LogP contribution in [0.5, 0.6) is 0 Å². The third-order valence-electron chi connectivity index (χ3n) is 7.96. The van der Waals surface area contributed by atoms with E-state index in [1.54, 1.807) is 0 Å². The summed E-state index contributed by atoms with van der Waals surface area (Å²) in [6.07, 6.45) is 4.35. The molecule has 0 amide bonds. The zero-order chi connectivity index (χ0) is 18.6. The Kier molecular flexibility index (Phi) is 3.61. The first-order valence-electron chi connectivity index (χ1n) is 9.01. The van der Waals surface area contributed by atoms with Gasteiger partial charge in [0.25, 0.3) is 0 Å². The van der Waals surface area contributed by atoms with Crippen LogP contribution in [0.2, 0.25) is 0 Å². The van der Waals surface area contributed by atoms with E-state index < -0.39 is 36.8 Å². The van der Waals surface area contributed by atoms with Crippen LogP contribution in [0.1, 0.15) is 39.0 Å². The summed E-state index contributed by atoms with van der Waals surface area (Å²) in [6.45, 7) is 1.83. The van der Waals surface area contributed by atoms with Crippen LogP contribution in [-0.2, 0) is 19.7 Å². The van der Waals surface area contributed by atoms with Crippen molar-refractivity contribution in [3.05, 3.63) is 0 Å². The molecule has 4 aliphatic rings. The maximum atomic E-state index is 14.2. The summed E-state index contributed by atoms with van der Waals surface area (Å²) in [5, 5.41) is -3.95. The van der Waals surface area contributed by atoms with Gasteiger partial charge in [-0.05, 0) is 66.6 Å². The number of rotatable bonds is 4. The topological polar surface area (TPSA) is 68.3 Å². The lowest BCUT2D eigenvalue weighted by Gasteiger charge is -2.46. The molecule has 0 aromatic rings. The Balaban J connectivity index is 1.60. The molecule has 8 atom stereocenters. The summed E-state index contributed by atoms with van der Waals surface area (Å²) in [4.78, 5) is 0. The first-order chi connectivity index (χ1) is 11.2. The second kappa shape index (κ2) is 4.97. The fraction of sp³-hybridized carbons (Fsp3) is 1.00. The van der Waals surface area contributed by atoms with Crippen LogP contribution in [-0.4, -0.2) is 39.9 Å². The quantitative estimate of drug-likeness (QED) is 0.685. The third-order valence-corrected chi connectivity index (χ3v) is 10.8. The van der Waals surface area contributed by atoms with Crippen molar-refractivity contribution < 1.29 is 25.6 Å². The molecule has 8 heteroatoms. The molecule has 0 saturated heterocycles. The summed E-state index contributed by atoms with van der Waals surface area (Å²) in [7, 11) is -7.48. The highest BCUT2D eigenvalue weighted by Crippen LogP contribution is 2.73. The van der Waals surface area contributed by atoms with Gasteiger partial charge in [0.05, 0.1) is 5.25 Å². The molecule has 4 nitrogen and oxygen atoms in total. The van der Waals surface area contributed by atoms with Crippen molar-refractivity contribution >= 4 is 19.7 Å². The molecule has 8 unspecified atom stereocenters. The average molecular weight is 397 g/mol. The molecule has 0 spiro atoms. The minimum absolute atomic E-state index is 0.102. The molecule has 4 aliphatic carbocycles. The second-order valence-electron chi connectivity index (χ2n) is 9.46. The predicted octanol–water partition coefficient (Wildman–Crippen LogP) is 2.75. The van der Waals surface area contributed by atoms with Crippen LogP contribution < -0.4 is 0 Å². The fourth-order valence-electron chi connectivity index (χ4n) is 7.31. The third kappa shape index (κ3) is 2.45. The largest absolute Gasteiger partial charge is 0.345 e. The van der Waals surface area contributed by atoms with Crippen molar-refractivity contribution in [1.82, 2.24) is 0 Å². The lowest BCUT2D eigenvalue weighted by atomic mass is 9.60. The molecule has 0 N–H and O–H groups in total. The van der Waals surface area contributed by atoms with Gasteiger partial charge in [-0.2, -0.15) is 8.78 Å². The highest BCUT2D eigenvalue weighted by molar-refractivity contribution is 7.91. The van der Waals surface area contributed by atoms with E-state index in [4.69, 9.17) is 0 Å². The van der Waals surface area contributed by atoms with Crippen molar-refractivity contribution in [2.24, 2.45) is 40.9 Å². The molecular weight excluding hydrogens is 370 g/mol. The Morgan fingerprint density at radius 1 is 1.00 bits per heavy atom. The average Bonchev–Trinajstić information content (AvgIpc) is 3.09. The number of hydrogen-bond donors (Lipinski definition) is 0. The van der Waals surface area contributed by atoms with Gasteiger partial charge in [0, 0.05) is 18.9 Å². The predicted molar refractivity (Wildman–Crippen MR) is 90.6 cm³/mol. The monoisotopic (exact) mass is 396 g/mol. The van der Waals surface area contributed by atoms with E-state index in [2.05, 4.69) is 0 Å². The Bertz CT molecular complexity index is 807. The zero-order valence-corrected chi connectivity index (χ0v) is 16.4. The van der Waals surface area contributed by atoms with Gasteiger partial charge >= 0.3 is 5.25 Å². The summed E-state index contributed by atoms with van der Waals surface area (Å²) in [6, 6.07) is 0. The molecule has 4 bridgehead atoms. The lowest BCUT2D eigenvalue weighted by molar-refractivity contribution is -0.0240. The minimum Gasteiger partial charge on any atom is -0.229 e. The van der Waals surface area contributed by atoms with Crippen LogP contribution in [0.25, 0.3) is 0 Å². The van der Waals surface area contributed by atoms with E-state index in [9.17, 15) is 25.6 Å². The Labute approximate surface area is 148 Å². The maximum absolute atomic E-state index is 14.2. The normalized spacial score (nSPS) is 48.9. The SMILES string of the molecule is CC1(CC(F)(F)S(C)(=O)=O)CC2CC1C1C3CC(C21)C(S(C)(=O)=O)C3. The van der Waals surface area contributed by atoms with Gasteiger partial charge in [0.1, 0.15) is 0 Å². The molecule has 4 fully saturated rings. The van der Waals surface area contributed by atoms with Gasteiger partial charge in [0.15, 0.2) is 9.84 Å². The van der Waals surface area contributed by atoms with Gasteiger partial charge in [-0.15, -0.1) is 0 Å². The van der Waals surface area contributed by atoms with Gasteiger partial charge in [-0.25, -0.2) is 16.8 Å². The fourth-order valence-corrected chi connectivity index (χ4v) is 9.42. The van der Waals surface area contributed by atoms with E-state index in [1.807, 2.05) is 6.92 Å². The summed E-state index contributed by atoms with van der Waals surface area (Å²) >= 11 is 0. The lowest BCUT2D eigenvalue weighted by Crippen LogP contribution is -2.46. The molecule has 0 aromatic carbocycles. The summed E-state index contributed by atoms with van der Waals surface area (Å²) in [5.74, 6) is 1.50. The minimum atomic E-state index is -4.42. The standard InChI is InChI=1S/C17H26F2O4S2/c1-16(8-17(18,19)25(3,22)23)7-10-5-12(16)15-9-4-11(14(10)15)13(6-9)24(2,20)21/h9-15H,4-8H2,1-3H3. The van der Waals surface area contributed by atoms with Crippen LogP contribution in [0, 0.1) is 40.9 Å². The highest BCUT2D eigenvalue weighted by Gasteiger charge is 2.69. The Hall–Kier alpha value is -0.240. The number of sulfone groups is 2. The van der Waals surface area contributed by atoms with E-state index in [0.29, 0.717) is 36.9 Å². The molecule has 144 valence electrons. The Morgan fingerprint density at radius 2 is 1.64 bits per heavy atom. The van der Waals surface area contributed by atoms with E-state index >= 15 is 0 Å². The van der Waals surface area contributed by atoms with Crippen molar-refractivity contribution in [2.45, 2.75) is 49.5 Å². The first kappa shape index (κ1) is 18.1. The number of halogens is 2. The van der Waals surface area contributed by atoms with Crippen molar-refractivity contribution in [1.29, 1.82) is 0 Å². The molecule has 0 heterocycles. The molecular formula is C17H26F2O4S2. The molecule has 25 heavy (non-hydrogen) atoms. The molecule has 0 radical (unpaired) electrons. The van der Waals surface area contributed by atoms with Gasteiger partial charge in [-0.3, -0.25) is 0 Å². The molecule has 0 aliphatic heterocycles. The first-order valence-corrected chi connectivity index (χ1v) is 12.9. The molecule has 0 aromatic heterocycles. The van der Waals surface area contributed by atoms with E-state index in [-0.39, 0.29) is 23.0 Å². The highest BCUT2D eigenvalue weighted by atomic mass is 32.2. The Morgan fingerprint density at radius 3 is 2.20 bits per heavy atom. The van der Waals surface area contributed by atoms with Crippen LogP contribution in [0.15, 0.2) is 0 Å². The van der Waals surface area contributed by atoms with Crippen molar-refractivity contribution in [3.8, 4) is 0 Å². The second-order valence-corrected chi connectivity index (χ2v) is 13.9. The summed E-state index contributed by atoms with van der Waals surface area (Å²) in [5.41, 5.74) is -0.663. The smallest absolute Gasteiger partial charge is 0.229 e. The van der Waals surface area contributed by atoms with Crippen molar-refractivity contribution in [3.63, 3.8) is 0 Å². The van der Waals surface area contributed by atoms with Gasteiger partial charge in [-0.1, -0.05) is 6.92 Å². The van der Waals surface area contributed by atoms with E-state index in [1.165, 1.54) is 6.26 Å². The molecule has 4 saturated carbocycles. The van der Waals surface area contributed by atoms with Gasteiger partial charge in [0.2, 0.25) is 9.84 Å². The number of fused-ring (bicyclic) bond motifs is 9. The van der Waals surface area contributed by atoms with Crippen LogP contribution in [0.3, 0.4) is 0 Å². The number of hydrogen-bond acceptors (Lipinski definition) is 4.